The number of benzene rings is 3. The van der Waals surface area contributed by atoms with Crippen molar-refractivity contribution in [3.05, 3.63) is 95.6 Å². The Morgan fingerprint density at radius 3 is 2.23 bits per heavy atom. The molecule has 1 fully saturated rings. The molecule has 0 bridgehead atoms. The number of hydrogen-bond acceptors (Lipinski definition) is 7. The van der Waals surface area contributed by atoms with Gasteiger partial charge in [-0.1, -0.05) is 60.7 Å². The lowest BCUT2D eigenvalue weighted by Gasteiger charge is -2.24. The van der Waals surface area contributed by atoms with Gasteiger partial charge in [-0.05, 0) is 42.2 Å². The molecule has 0 saturated carbocycles. The molecule has 11 nitrogen and oxygen atoms in total. The van der Waals surface area contributed by atoms with Gasteiger partial charge < -0.3 is 30.7 Å². The Balaban J connectivity index is 1.33. The van der Waals surface area contributed by atoms with Crippen LogP contribution in [-0.4, -0.2) is 54.8 Å². The molecule has 222 valence electrons. The maximum atomic E-state index is 13.7. The molecule has 3 aromatic carbocycles. The van der Waals surface area contributed by atoms with Gasteiger partial charge in [0.15, 0.2) is 11.5 Å². The quantitative estimate of drug-likeness (QED) is 0.236. The molecule has 11 heteroatoms. The summed E-state index contributed by atoms with van der Waals surface area (Å²) in [6, 6.07) is 20.5. The minimum Gasteiger partial charge on any atom is -0.454 e. The second-order valence-electron chi connectivity index (χ2n) is 10.4. The van der Waals surface area contributed by atoms with Crippen LogP contribution in [0.3, 0.4) is 0 Å². The number of Topliss-reactive ketones (excluding diaryl/α,β-unsaturated/α-hetero) is 1. The van der Waals surface area contributed by atoms with Crippen molar-refractivity contribution >= 4 is 29.4 Å². The predicted octanol–water partition coefficient (Wildman–Crippen LogP) is 1.65. The van der Waals surface area contributed by atoms with Gasteiger partial charge in [-0.15, -0.1) is 0 Å². The molecule has 0 radical (unpaired) electrons. The number of hydrogen-bond donors (Lipinski definition) is 4. The molecule has 4 N–H and O–H groups in total. The van der Waals surface area contributed by atoms with Crippen LogP contribution in [0.5, 0.6) is 11.5 Å². The third kappa shape index (κ3) is 7.56. The van der Waals surface area contributed by atoms with E-state index in [9.17, 15) is 24.0 Å². The molecular formula is C32H32N4O7. The highest BCUT2D eigenvalue weighted by Gasteiger charge is 2.35. The van der Waals surface area contributed by atoms with E-state index in [4.69, 9.17) is 9.47 Å². The van der Waals surface area contributed by atoms with Crippen molar-refractivity contribution in [1.82, 2.24) is 21.3 Å². The zero-order valence-electron chi connectivity index (χ0n) is 23.3. The first-order valence-corrected chi connectivity index (χ1v) is 14.1. The van der Waals surface area contributed by atoms with Gasteiger partial charge in [-0.25, -0.2) is 0 Å². The lowest BCUT2D eigenvalue weighted by molar-refractivity contribution is -0.141. The van der Waals surface area contributed by atoms with Gasteiger partial charge in [0.1, 0.15) is 6.04 Å². The number of ether oxygens (including phenoxy) is 2. The molecule has 4 amide bonds. The van der Waals surface area contributed by atoms with Gasteiger partial charge in [0, 0.05) is 31.0 Å². The van der Waals surface area contributed by atoms with Crippen molar-refractivity contribution in [1.29, 1.82) is 0 Å². The zero-order chi connectivity index (χ0) is 30.2. The lowest BCUT2D eigenvalue weighted by atomic mass is 9.94. The third-order valence-electron chi connectivity index (χ3n) is 7.37. The second kappa shape index (κ2) is 13.6. The minimum absolute atomic E-state index is 0.0484. The maximum Gasteiger partial charge on any atom is 0.289 e. The first-order chi connectivity index (χ1) is 20.9. The van der Waals surface area contributed by atoms with Crippen LogP contribution < -0.4 is 30.7 Å². The summed E-state index contributed by atoms with van der Waals surface area (Å²) < 4.78 is 10.7. The highest BCUT2D eigenvalue weighted by atomic mass is 16.7. The molecule has 2 aliphatic rings. The van der Waals surface area contributed by atoms with Crippen molar-refractivity contribution in [2.45, 2.75) is 37.9 Å². The van der Waals surface area contributed by atoms with Crippen molar-refractivity contribution < 1.29 is 33.4 Å². The Morgan fingerprint density at radius 1 is 0.837 bits per heavy atom. The van der Waals surface area contributed by atoms with Crippen LogP contribution in [0.15, 0.2) is 78.9 Å². The van der Waals surface area contributed by atoms with Crippen molar-refractivity contribution in [2.75, 3.05) is 13.3 Å². The summed E-state index contributed by atoms with van der Waals surface area (Å²) in [7, 11) is 0. The standard InChI is InChI=1S/C32H32N4O7/c37-28(32(41)34-18-21-9-5-2-6-10-21)24(16-23-13-14-33-29(23)38)35-31(40)25(15-20-7-3-1-4-8-20)36-30(39)22-11-12-26-27(17-22)43-19-42-26/h1-12,17,23-25H,13-16,18-19H2,(H,33,38)(H,34,41)(H,35,40)(H,36,39)/t23-,24?,25-/m0/s1. The number of rotatable bonds is 12. The summed E-state index contributed by atoms with van der Waals surface area (Å²) in [4.78, 5) is 65.6. The van der Waals surface area contributed by atoms with Gasteiger partial charge in [-0.3, -0.25) is 24.0 Å². The second-order valence-corrected chi connectivity index (χ2v) is 10.4. The van der Waals surface area contributed by atoms with Crippen molar-refractivity contribution in [2.24, 2.45) is 5.92 Å². The molecule has 2 heterocycles. The number of nitrogens with one attached hydrogen (secondary N) is 4. The average molecular weight is 585 g/mol. The van der Waals surface area contributed by atoms with E-state index in [2.05, 4.69) is 21.3 Å². The SMILES string of the molecule is O=C(NCc1ccccc1)C(=O)C(C[C@@H]1CCNC1=O)NC(=O)[C@H](Cc1ccccc1)NC(=O)c1ccc2c(c1)OCO2. The molecule has 0 spiro atoms. The van der Waals surface area contributed by atoms with Gasteiger partial charge in [0.25, 0.3) is 11.8 Å². The first-order valence-electron chi connectivity index (χ1n) is 14.1. The lowest BCUT2D eigenvalue weighted by Crippen LogP contribution is -2.55. The Bertz CT molecular complexity index is 1500. The number of carbonyl (C=O) groups is 5. The maximum absolute atomic E-state index is 13.7. The van der Waals surface area contributed by atoms with E-state index >= 15 is 0 Å². The van der Waals surface area contributed by atoms with E-state index in [-0.39, 0.29) is 37.6 Å². The Hall–Kier alpha value is -5.19. The summed E-state index contributed by atoms with van der Waals surface area (Å²) in [5, 5.41) is 10.8. The summed E-state index contributed by atoms with van der Waals surface area (Å²) in [6.07, 6.45) is 0.537. The molecule has 1 unspecified atom stereocenters. The topological polar surface area (TPSA) is 152 Å². The van der Waals surface area contributed by atoms with E-state index in [1.807, 2.05) is 60.7 Å². The average Bonchev–Trinajstić information content (AvgIpc) is 3.67. The summed E-state index contributed by atoms with van der Waals surface area (Å²) in [6.45, 7) is 0.617. The molecule has 5 rings (SSSR count). The van der Waals surface area contributed by atoms with Gasteiger partial charge >= 0.3 is 0 Å². The third-order valence-corrected chi connectivity index (χ3v) is 7.37. The van der Waals surface area contributed by atoms with E-state index in [1.165, 1.54) is 6.07 Å². The number of ketones is 1. The van der Waals surface area contributed by atoms with Crippen LogP contribution in [0.4, 0.5) is 0 Å². The number of amides is 4. The van der Waals surface area contributed by atoms with Crippen LogP contribution in [0.1, 0.15) is 34.3 Å². The fourth-order valence-electron chi connectivity index (χ4n) is 5.02. The van der Waals surface area contributed by atoms with Crippen LogP contribution in [0, 0.1) is 5.92 Å². The zero-order valence-corrected chi connectivity index (χ0v) is 23.3. The van der Waals surface area contributed by atoms with Gasteiger partial charge in [0.2, 0.25) is 24.4 Å². The monoisotopic (exact) mass is 584 g/mol. The summed E-state index contributed by atoms with van der Waals surface area (Å²) in [5.41, 5.74) is 1.83. The van der Waals surface area contributed by atoms with E-state index in [1.54, 1.807) is 12.1 Å². The largest absolute Gasteiger partial charge is 0.454 e. The molecule has 0 aliphatic carbocycles. The van der Waals surface area contributed by atoms with Crippen molar-refractivity contribution in [3.63, 3.8) is 0 Å². The smallest absolute Gasteiger partial charge is 0.289 e. The molecule has 3 atom stereocenters. The Morgan fingerprint density at radius 2 is 1.53 bits per heavy atom. The van der Waals surface area contributed by atoms with E-state index in [0.29, 0.717) is 24.5 Å². The van der Waals surface area contributed by atoms with E-state index in [0.717, 1.165) is 11.1 Å². The fraction of sp³-hybridized carbons (Fsp3) is 0.281. The first kappa shape index (κ1) is 29.3. The van der Waals surface area contributed by atoms with Gasteiger partial charge in [-0.2, -0.15) is 0 Å². The molecule has 43 heavy (non-hydrogen) atoms. The molecule has 1 saturated heterocycles. The fourth-order valence-corrected chi connectivity index (χ4v) is 5.02. The number of fused-ring (bicyclic) bond motifs is 1. The molecule has 0 aromatic heterocycles. The normalized spacial score (nSPS) is 16.5. The van der Waals surface area contributed by atoms with Crippen LogP contribution in [-0.2, 0) is 32.1 Å². The summed E-state index contributed by atoms with van der Waals surface area (Å²) >= 11 is 0. The number of carbonyl (C=O) groups excluding carboxylic acids is 5. The van der Waals surface area contributed by atoms with Crippen LogP contribution in [0.25, 0.3) is 0 Å². The van der Waals surface area contributed by atoms with Crippen LogP contribution >= 0.6 is 0 Å². The Kier molecular flexibility index (Phi) is 9.30. The van der Waals surface area contributed by atoms with Gasteiger partial charge in [0.05, 0.1) is 6.04 Å². The molecule has 3 aromatic rings. The van der Waals surface area contributed by atoms with Crippen molar-refractivity contribution in [3.8, 4) is 11.5 Å². The van der Waals surface area contributed by atoms with Crippen LogP contribution in [0.2, 0.25) is 0 Å². The highest BCUT2D eigenvalue weighted by molar-refractivity contribution is 6.38. The Labute approximate surface area is 248 Å². The molecular weight excluding hydrogens is 552 g/mol. The summed E-state index contributed by atoms with van der Waals surface area (Å²) in [5.74, 6) is -2.81. The van der Waals surface area contributed by atoms with E-state index < -0.39 is 41.5 Å². The minimum atomic E-state index is -1.28. The predicted molar refractivity (Wildman–Crippen MR) is 155 cm³/mol. The highest BCUT2D eigenvalue weighted by Crippen LogP contribution is 2.32. The molecule has 2 aliphatic heterocycles.